The van der Waals surface area contributed by atoms with Crippen molar-refractivity contribution >= 4 is 17.7 Å². The molecule has 4 rings (SSSR count). The minimum absolute atomic E-state index is 0.0339. The zero-order valence-corrected chi connectivity index (χ0v) is 16.7. The van der Waals surface area contributed by atoms with Gasteiger partial charge in [0.05, 0.1) is 5.75 Å². The van der Waals surface area contributed by atoms with E-state index in [0.29, 0.717) is 22.4 Å². The molecule has 156 valence electrons. The number of hydrogen-bond donors (Lipinski definition) is 2. The molecule has 2 N–H and O–H groups in total. The highest BCUT2D eigenvalue weighted by Crippen LogP contribution is 2.24. The number of halogens is 1. The molecule has 1 amide bonds. The van der Waals surface area contributed by atoms with Gasteiger partial charge in [0.2, 0.25) is 5.91 Å². The summed E-state index contributed by atoms with van der Waals surface area (Å²) in [6.07, 6.45) is 2.16. The molecule has 0 aliphatic carbocycles. The quantitative estimate of drug-likeness (QED) is 0.566. The van der Waals surface area contributed by atoms with E-state index in [-0.39, 0.29) is 23.9 Å². The van der Waals surface area contributed by atoms with E-state index in [0.717, 1.165) is 25.9 Å². The number of benzene rings is 1. The first-order valence-corrected chi connectivity index (χ1v) is 10.4. The van der Waals surface area contributed by atoms with E-state index in [2.05, 4.69) is 20.2 Å². The van der Waals surface area contributed by atoms with Gasteiger partial charge in [-0.25, -0.2) is 9.18 Å². The standard InChI is InChI=1S/C19H19FN6O3S/c20-12-3-5-14(6-4-12)26-15(9-13-10-16(27)22-18(29)21-13)23-24-19(26)30-11-17(28)25-7-1-2-8-25/h3-6,10H,1-2,7-9,11H2,(H2,21,22,27,29). The number of carbonyl (C=O) groups is 1. The number of rotatable bonds is 6. The van der Waals surface area contributed by atoms with Crippen LogP contribution >= 0.6 is 11.8 Å². The molecule has 30 heavy (non-hydrogen) atoms. The molecule has 9 nitrogen and oxygen atoms in total. The largest absolute Gasteiger partial charge is 0.342 e. The summed E-state index contributed by atoms with van der Waals surface area (Å²) in [5, 5.41) is 8.84. The summed E-state index contributed by atoms with van der Waals surface area (Å²) in [6, 6.07) is 7.06. The second kappa shape index (κ2) is 8.66. The van der Waals surface area contributed by atoms with Gasteiger partial charge in [-0.05, 0) is 37.1 Å². The third kappa shape index (κ3) is 4.51. The number of H-pyrrole nitrogens is 2. The fourth-order valence-electron chi connectivity index (χ4n) is 3.33. The van der Waals surface area contributed by atoms with E-state index < -0.39 is 11.2 Å². The van der Waals surface area contributed by atoms with Gasteiger partial charge in [-0.2, -0.15) is 0 Å². The molecule has 1 saturated heterocycles. The van der Waals surface area contributed by atoms with Crippen molar-refractivity contribution in [3.63, 3.8) is 0 Å². The van der Waals surface area contributed by atoms with Gasteiger partial charge in [0.25, 0.3) is 5.56 Å². The van der Waals surface area contributed by atoms with Gasteiger partial charge < -0.3 is 9.88 Å². The monoisotopic (exact) mass is 430 g/mol. The average molecular weight is 430 g/mol. The van der Waals surface area contributed by atoms with Crippen LogP contribution in [0.5, 0.6) is 0 Å². The maximum Gasteiger partial charge on any atom is 0.325 e. The van der Waals surface area contributed by atoms with Gasteiger partial charge >= 0.3 is 5.69 Å². The Morgan fingerprint density at radius 2 is 1.83 bits per heavy atom. The third-order valence-corrected chi connectivity index (χ3v) is 5.65. The molecule has 2 aromatic heterocycles. The van der Waals surface area contributed by atoms with Crippen LogP contribution in [0, 0.1) is 5.82 Å². The van der Waals surface area contributed by atoms with Crippen molar-refractivity contribution < 1.29 is 9.18 Å². The second-order valence-corrected chi connectivity index (χ2v) is 7.82. The molecule has 1 aromatic carbocycles. The Labute approximate surface area is 174 Å². The summed E-state index contributed by atoms with van der Waals surface area (Å²) in [5.74, 6) is 0.303. The number of thioether (sulfide) groups is 1. The maximum atomic E-state index is 13.4. The fourth-order valence-corrected chi connectivity index (χ4v) is 4.20. The Hall–Kier alpha value is -3.21. The lowest BCUT2D eigenvalue weighted by Gasteiger charge is -2.15. The zero-order chi connectivity index (χ0) is 21.1. The molecule has 0 bridgehead atoms. The second-order valence-electron chi connectivity index (χ2n) is 6.88. The normalized spacial score (nSPS) is 13.7. The summed E-state index contributed by atoms with van der Waals surface area (Å²) in [4.78, 5) is 42.1. The molecule has 0 unspecified atom stereocenters. The van der Waals surface area contributed by atoms with Gasteiger partial charge in [-0.3, -0.25) is 19.1 Å². The van der Waals surface area contributed by atoms with Crippen LogP contribution in [0.3, 0.4) is 0 Å². The first kappa shape index (κ1) is 20.1. The first-order chi connectivity index (χ1) is 14.5. The summed E-state index contributed by atoms with van der Waals surface area (Å²) >= 11 is 1.24. The van der Waals surface area contributed by atoms with Crippen molar-refractivity contribution in [1.82, 2.24) is 29.6 Å². The number of nitrogens with one attached hydrogen (secondary N) is 2. The zero-order valence-electron chi connectivity index (χ0n) is 15.9. The molecular formula is C19H19FN6O3S. The van der Waals surface area contributed by atoms with E-state index in [9.17, 15) is 18.8 Å². The van der Waals surface area contributed by atoms with Gasteiger partial charge in [-0.15, -0.1) is 10.2 Å². The molecule has 3 heterocycles. The van der Waals surface area contributed by atoms with Crippen LogP contribution in [-0.4, -0.2) is 54.4 Å². The topological polar surface area (TPSA) is 117 Å². The van der Waals surface area contributed by atoms with Crippen molar-refractivity contribution in [2.45, 2.75) is 24.4 Å². The Bertz CT molecular complexity index is 1140. The van der Waals surface area contributed by atoms with Crippen molar-refractivity contribution in [2.75, 3.05) is 18.8 Å². The molecule has 11 heteroatoms. The lowest BCUT2D eigenvalue weighted by atomic mass is 10.2. The summed E-state index contributed by atoms with van der Waals surface area (Å²) < 4.78 is 15.1. The van der Waals surface area contributed by atoms with Crippen LogP contribution in [0.4, 0.5) is 4.39 Å². The van der Waals surface area contributed by atoms with E-state index in [1.165, 1.54) is 30.0 Å². The highest BCUT2D eigenvalue weighted by molar-refractivity contribution is 7.99. The molecular weight excluding hydrogens is 411 g/mol. The number of aromatic amines is 2. The van der Waals surface area contributed by atoms with Crippen molar-refractivity contribution in [2.24, 2.45) is 0 Å². The molecule has 1 fully saturated rings. The average Bonchev–Trinajstić information content (AvgIpc) is 3.36. The Balaban J connectivity index is 1.64. The van der Waals surface area contributed by atoms with Gasteiger partial charge in [0.1, 0.15) is 11.6 Å². The van der Waals surface area contributed by atoms with Gasteiger partial charge in [-0.1, -0.05) is 11.8 Å². The van der Waals surface area contributed by atoms with Crippen molar-refractivity contribution in [3.05, 3.63) is 68.5 Å². The lowest BCUT2D eigenvalue weighted by Crippen LogP contribution is -2.29. The van der Waals surface area contributed by atoms with Crippen LogP contribution in [0.25, 0.3) is 5.69 Å². The van der Waals surface area contributed by atoms with Crippen molar-refractivity contribution in [3.8, 4) is 5.69 Å². The Morgan fingerprint density at radius 3 is 2.53 bits per heavy atom. The Morgan fingerprint density at radius 1 is 1.10 bits per heavy atom. The highest BCUT2D eigenvalue weighted by atomic mass is 32.2. The molecule has 0 spiro atoms. The van der Waals surface area contributed by atoms with Crippen LogP contribution < -0.4 is 11.2 Å². The Kier molecular flexibility index (Phi) is 5.79. The SMILES string of the molecule is O=C(CSc1nnc(Cc2cc(=O)[nH]c(=O)[nH]2)n1-c1ccc(F)cc1)N1CCCC1. The van der Waals surface area contributed by atoms with Crippen LogP contribution in [0.1, 0.15) is 24.4 Å². The fraction of sp³-hybridized carbons (Fsp3) is 0.316. The highest BCUT2D eigenvalue weighted by Gasteiger charge is 2.21. The number of likely N-dealkylation sites (tertiary alicyclic amines) is 1. The van der Waals surface area contributed by atoms with Crippen LogP contribution in [0.2, 0.25) is 0 Å². The van der Waals surface area contributed by atoms with Crippen LogP contribution in [-0.2, 0) is 11.2 Å². The van der Waals surface area contributed by atoms with E-state index in [1.807, 2.05) is 4.90 Å². The predicted octanol–water partition coefficient (Wildman–Crippen LogP) is 1.09. The predicted molar refractivity (Wildman–Crippen MR) is 108 cm³/mol. The molecule has 1 aliphatic rings. The minimum atomic E-state index is -0.615. The summed E-state index contributed by atoms with van der Waals surface area (Å²) in [5.41, 5.74) is -0.160. The van der Waals surface area contributed by atoms with Crippen LogP contribution in [0.15, 0.2) is 45.1 Å². The third-order valence-electron chi connectivity index (χ3n) is 4.73. The molecule has 0 atom stereocenters. The van der Waals surface area contributed by atoms with E-state index in [4.69, 9.17) is 0 Å². The summed E-state index contributed by atoms with van der Waals surface area (Å²) in [7, 11) is 0. The molecule has 0 radical (unpaired) electrons. The molecule has 0 saturated carbocycles. The summed E-state index contributed by atoms with van der Waals surface area (Å²) in [6.45, 7) is 1.54. The van der Waals surface area contributed by atoms with E-state index in [1.54, 1.807) is 16.7 Å². The lowest BCUT2D eigenvalue weighted by molar-refractivity contribution is -0.127. The van der Waals surface area contributed by atoms with E-state index >= 15 is 0 Å². The maximum absolute atomic E-state index is 13.4. The number of carbonyl (C=O) groups excluding carboxylic acids is 1. The number of nitrogens with zero attached hydrogens (tertiary/aromatic N) is 4. The molecule has 3 aromatic rings. The number of amides is 1. The first-order valence-electron chi connectivity index (χ1n) is 9.43. The van der Waals surface area contributed by atoms with Gasteiger partial charge in [0, 0.05) is 37.0 Å². The minimum Gasteiger partial charge on any atom is -0.342 e. The number of hydrogen-bond acceptors (Lipinski definition) is 6. The number of aromatic nitrogens is 5. The molecule has 1 aliphatic heterocycles. The smallest absolute Gasteiger partial charge is 0.325 e. The van der Waals surface area contributed by atoms with Gasteiger partial charge in [0.15, 0.2) is 5.16 Å². The van der Waals surface area contributed by atoms with Crippen molar-refractivity contribution in [1.29, 1.82) is 0 Å².